The van der Waals surface area contributed by atoms with E-state index in [2.05, 4.69) is 20.0 Å². The molecular formula is C16H15F2N3O5. The molecule has 2 aromatic rings. The van der Waals surface area contributed by atoms with Crippen LogP contribution in [0, 0.1) is 11.6 Å². The van der Waals surface area contributed by atoms with Gasteiger partial charge in [-0.2, -0.15) is 0 Å². The van der Waals surface area contributed by atoms with E-state index in [9.17, 15) is 23.5 Å². The fraction of sp³-hybridized carbons (Fsp3) is 0.250. The number of esters is 1. The number of anilines is 1. The Labute approximate surface area is 146 Å². The summed E-state index contributed by atoms with van der Waals surface area (Å²) in [5.74, 6) is -3.80. The Balaban J connectivity index is 2.69. The first kappa shape index (κ1) is 19.3. The molecule has 8 nitrogen and oxygen atoms in total. The molecule has 0 saturated heterocycles. The van der Waals surface area contributed by atoms with Gasteiger partial charge in [-0.3, -0.25) is 4.79 Å². The van der Waals surface area contributed by atoms with Crippen molar-refractivity contribution in [3.63, 3.8) is 0 Å². The maximum atomic E-state index is 14.0. The maximum absolute atomic E-state index is 14.0. The summed E-state index contributed by atoms with van der Waals surface area (Å²) >= 11 is 0. The van der Waals surface area contributed by atoms with Crippen LogP contribution in [-0.2, 0) is 9.47 Å². The second kappa shape index (κ2) is 8.41. The average Bonchev–Trinajstić information content (AvgIpc) is 2.60. The van der Waals surface area contributed by atoms with Gasteiger partial charge in [0.2, 0.25) is 6.41 Å². The molecule has 138 valence electrons. The van der Waals surface area contributed by atoms with Crippen molar-refractivity contribution in [3.05, 3.63) is 41.1 Å². The smallest absolute Gasteiger partial charge is 0.343 e. The minimum absolute atomic E-state index is 0.113. The molecule has 0 aliphatic carbocycles. The summed E-state index contributed by atoms with van der Waals surface area (Å²) in [6.07, 6.45) is -1.40. The highest BCUT2D eigenvalue weighted by molar-refractivity contribution is 6.01. The molecule has 1 unspecified atom stereocenters. The van der Waals surface area contributed by atoms with Gasteiger partial charge in [-0.25, -0.2) is 23.5 Å². The van der Waals surface area contributed by atoms with Crippen LogP contribution >= 0.6 is 0 Å². The fourth-order valence-electron chi connectivity index (χ4n) is 2.11. The first-order chi connectivity index (χ1) is 12.4. The molecule has 0 radical (unpaired) electrons. The number of methoxy groups -OCH3 is 1. The largest absolute Gasteiger partial charge is 0.465 e. The van der Waals surface area contributed by atoms with Gasteiger partial charge in [0, 0.05) is 6.61 Å². The van der Waals surface area contributed by atoms with E-state index in [1.165, 1.54) is 0 Å². The van der Waals surface area contributed by atoms with E-state index in [4.69, 9.17) is 4.74 Å². The van der Waals surface area contributed by atoms with E-state index in [1.54, 1.807) is 6.92 Å². The van der Waals surface area contributed by atoms with E-state index in [0.717, 1.165) is 25.3 Å². The molecule has 0 bridgehead atoms. The van der Waals surface area contributed by atoms with Crippen molar-refractivity contribution >= 4 is 18.1 Å². The van der Waals surface area contributed by atoms with Gasteiger partial charge >= 0.3 is 5.97 Å². The van der Waals surface area contributed by atoms with E-state index in [-0.39, 0.29) is 18.7 Å². The quantitative estimate of drug-likeness (QED) is 0.433. The van der Waals surface area contributed by atoms with Crippen molar-refractivity contribution in [2.45, 2.75) is 13.3 Å². The lowest BCUT2D eigenvalue weighted by Crippen LogP contribution is -2.26. The molecule has 0 spiro atoms. The molecule has 1 atom stereocenters. The van der Waals surface area contributed by atoms with Crippen molar-refractivity contribution in [1.29, 1.82) is 0 Å². The number of nitrogens with one attached hydrogen (secondary N) is 1. The van der Waals surface area contributed by atoms with E-state index < -0.39 is 46.7 Å². The van der Waals surface area contributed by atoms with Crippen LogP contribution in [0.2, 0.25) is 0 Å². The number of hydrogen-bond acceptors (Lipinski definition) is 8. The molecule has 26 heavy (non-hydrogen) atoms. The number of aliphatic hydroxyl groups is 1. The number of hydrogen-bond donors (Lipinski definition) is 2. The Morgan fingerprint density at radius 2 is 2.00 bits per heavy atom. The van der Waals surface area contributed by atoms with E-state index in [0.29, 0.717) is 0 Å². The van der Waals surface area contributed by atoms with Crippen molar-refractivity contribution in [2.75, 3.05) is 19.0 Å². The highest BCUT2D eigenvalue weighted by atomic mass is 19.1. The zero-order valence-electron chi connectivity index (χ0n) is 13.8. The first-order valence-corrected chi connectivity index (χ1v) is 7.39. The molecule has 0 fully saturated rings. The third kappa shape index (κ3) is 3.98. The SMILES string of the molecule is CCOC(O)Nc1nc(-c2c(F)cccc2F)nc(C=O)c1C(=O)OC. The molecule has 1 heterocycles. The monoisotopic (exact) mass is 367 g/mol. The number of nitrogens with zero attached hydrogens (tertiary/aromatic N) is 2. The minimum atomic E-state index is -1.60. The van der Waals surface area contributed by atoms with Crippen LogP contribution in [0.1, 0.15) is 27.8 Å². The Morgan fingerprint density at radius 1 is 1.35 bits per heavy atom. The summed E-state index contributed by atoms with van der Waals surface area (Å²) < 4.78 is 37.5. The van der Waals surface area contributed by atoms with Crippen LogP contribution in [0.3, 0.4) is 0 Å². The molecule has 1 aromatic carbocycles. The number of carbonyl (C=O) groups excluding carboxylic acids is 2. The van der Waals surface area contributed by atoms with Gasteiger partial charge in [0.05, 0.1) is 12.7 Å². The van der Waals surface area contributed by atoms with Gasteiger partial charge in [0.15, 0.2) is 12.1 Å². The summed E-state index contributed by atoms with van der Waals surface area (Å²) in [7, 11) is 1.06. The minimum Gasteiger partial charge on any atom is -0.465 e. The van der Waals surface area contributed by atoms with Crippen molar-refractivity contribution in [1.82, 2.24) is 9.97 Å². The number of halogens is 2. The van der Waals surface area contributed by atoms with Crippen LogP contribution in [0.4, 0.5) is 14.6 Å². The lowest BCUT2D eigenvalue weighted by atomic mass is 10.1. The molecule has 1 aromatic heterocycles. The van der Waals surface area contributed by atoms with Crippen LogP contribution in [0.5, 0.6) is 0 Å². The van der Waals surface area contributed by atoms with Gasteiger partial charge in [-0.05, 0) is 19.1 Å². The number of aldehydes is 1. The van der Waals surface area contributed by atoms with Gasteiger partial charge in [-0.1, -0.05) is 6.07 Å². The van der Waals surface area contributed by atoms with Crippen LogP contribution in [0.25, 0.3) is 11.4 Å². The van der Waals surface area contributed by atoms with Crippen LogP contribution in [0.15, 0.2) is 18.2 Å². The second-order valence-corrected chi connectivity index (χ2v) is 4.81. The van der Waals surface area contributed by atoms with Crippen molar-refractivity contribution in [3.8, 4) is 11.4 Å². The van der Waals surface area contributed by atoms with Gasteiger partial charge in [0.25, 0.3) is 0 Å². The maximum Gasteiger partial charge on any atom is 0.343 e. The Morgan fingerprint density at radius 3 is 2.54 bits per heavy atom. The van der Waals surface area contributed by atoms with Crippen LogP contribution < -0.4 is 5.32 Å². The predicted octanol–water partition coefficient (Wildman–Crippen LogP) is 1.75. The van der Waals surface area contributed by atoms with Gasteiger partial charge < -0.3 is 19.9 Å². The fourth-order valence-corrected chi connectivity index (χ4v) is 2.11. The number of rotatable bonds is 7. The van der Waals surface area contributed by atoms with Gasteiger partial charge in [-0.15, -0.1) is 0 Å². The molecule has 0 aliphatic rings. The topological polar surface area (TPSA) is 111 Å². The number of aromatic nitrogens is 2. The average molecular weight is 367 g/mol. The second-order valence-electron chi connectivity index (χ2n) is 4.81. The molecule has 0 aliphatic heterocycles. The van der Waals surface area contributed by atoms with Gasteiger partial charge in [0.1, 0.15) is 28.7 Å². The lowest BCUT2D eigenvalue weighted by Gasteiger charge is -2.17. The standard InChI is InChI=1S/C16H15F2N3O5/c1-3-26-16(24)21-14-12(15(23)25-2)10(7-22)19-13(20-14)11-8(17)5-4-6-9(11)18/h4-7,16,24H,3H2,1-2H3,(H,19,20,21). The highest BCUT2D eigenvalue weighted by Crippen LogP contribution is 2.27. The summed E-state index contributed by atoms with van der Waals surface area (Å²) in [6, 6.07) is 3.12. The first-order valence-electron chi connectivity index (χ1n) is 7.39. The molecule has 2 N–H and O–H groups in total. The Hall–Kier alpha value is -2.98. The molecule has 0 saturated carbocycles. The molecule has 2 rings (SSSR count). The number of aliphatic hydroxyl groups excluding tert-OH is 1. The zero-order chi connectivity index (χ0) is 19.3. The lowest BCUT2D eigenvalue weighted by molar-refractivity contribution is -0.0733. The normalized spacial score (nSPS) is 11.7. The van der Waals surface area contributed by atoms with E-state index >= 15 is 0 Å². The number of ether oxygens (including phenoxy) is 2. The third-order valence-corrected chi connectivity index (χ3v) is 3.21. The van der Waals surface area contributed by atoms with Crippen molar-refractivity contribution < 1.29 is 33.0 Å². The summed E-state index contributed by atoms with van der Waals surface area (Å²) in [6.45, 7) is 1.71. The highest BCUT2D eigenvalue weighted by Gasteiger charge is 2.25. The zero-order valence-corrected chi connectivity index (χ0v) is 13.8. The number of benzene rings is 1. The summed E-state index contributed by atoms with van der Waals surface area (Å²) in [4.78, 5) is 30.9. The van der Waals surface area contributed by atoms with Crippen LogP contribution in [-0.4, -0.2) is 47.5 Å². The van der Waals surface area contributed by atoms with Crippen molar-refractivity contribution in [2.24, 2.45) is 0 Å². The molecular weight excluding hydrogens is 352 g/mol. The third-order valence-electron chi connectivity index (χ3n) is 3.21. The molecule has 0 amide bonds. The molecule has 10 heteroatoms. The Bertz CT molecular complexity index is 812. The predicted molar refractivity (Wildman–Crippen MR) is 85.4 cm³/mol. The summed E-state index contributed by atoms with van der Waals surface area (Å²) in [5, 5.41) is 12.1. The van der Waals surface area contributed by atoms with E-state index in [1.807, 2.05) is 0 Å². The Kier molecular flexibility index (Phi) is 6.26. The summed E-state index contributed by atoms with van der Waals surface area (Å²) in [5.41, 5.74) is -1.49. The number of carbonyl (C=O) groups is 2.